The number of rotatable bonds is 7. The van der Waals surface area contributed by atoms with Crippen molar-refractivity contribution in [2.24, 2.45) is 0 Å². The number of imide groups is 1. The van der Waals surface area contributed by atoms with Crippen molar-refractivity contribution in [3.8, 4) is 0 Å². The number of hydrogen-bond acceptors (Lipinski definition) is 6. The number of likely N-dealkylation sites (N-methyl/N-ethyl adjacent to an activating group) is 2. The largest absolute Gasteiger partial charge is 0.355 e. The molecule has 0 spiro atoms. The third-order valence-corrected chi connectivity index (χ3v) is 2.85. The molecule has 0 radical (unpaired) electrons. The van der Waals surface area contributed by atoms with Crippen molar-refractivity contribution in [2.75, 3.05) is 13.6 Å². The molecule has 8 nitrogen and oxygen atoms in total. The van der Waals surface area contributed by atoms with Gasteiger partial charge in [-0.15, -0.1) is 5.06 Å². The molecule has 1 rings (SSSR count). The highest BCUT2D eigenvalue weighted by molar-refractivity contribution is 6.01. The highest BCUT2D eigenvalue weighted by atomic mass is 16.7. The van der Waals surface area contributed by atoms with Crippen LogP contribution in [0, 0.1) is 0 Å². The number of hydrogen-bond donors (Lipinski definition) is 2. The van der Waals surface area contributed by atoms with E-state index in [0.29, 0.717) is 11.6 Å². The van der Waals surface area contributed by atoms with Crippen LogP contribution in [0.1, 0.15) is 32.6 Å². The Kier molecular flexibility index (Phi) is 6.10. The van der Waals surface area contributed by atoms with Crippen molar-refractivity contribution in [3.63, 3.8) is 0 Å². The summed E-state index contributed by atoms with van der Waals surface area (Å²) < 4.78 is 0. The first-order valence-electron chi connectivity index (χ1n) is 6.51. The molecule has 0 aromatic rings. The van der Waals surface area contributed by atoms with E-state index < -0.39 is 23.8 Å². The van der Waals surface area contributed by atoms with Crippen molar-refractivity contribution in [1.29, 1.82) is 0 Å². The molecule has 0 aromatic heterocycles. The SMILES string of the molecule is CCNC(=O)C(CCC(=O)ON1C(=O)CCC1=O)NC. The lowest BCUT2D eigenvalue weighted by molar-refractivity contribution is -0.197. The standard InChI is InChI=1S/C12H19N3O5/c1-3-14-12(19)8(13-2)4-7-11(18)20-15-9(16)5-6-10(15)17/h8,13H,3-7H2,1-2H3,(H,14,19). The van der Waals surface area contributed by atoms with E-state index in [0.717, 1.165) is 0 Å². The summed E-state index contributed by atoms with van der Waals surface area (Å²) in [6.45, 7) is 2.29. The quantitative estimate of drug-likeness (QED) is 0.587. The fourth-order valence-electron chi connectivity index (χ4n) is 1.77. The molecule has 1 unspecified atom stereocenters. The molecule has 1 saturated heterocycles. The predicted octanol–water partition coefficient (Wildman–Crippen LogP) is -0.902. The number of carbonyl (C=O) groups excluding carboxylic acids is 4. The van der Waals surface area contributed by atoms with Gasteiger partial charge < -0.3 is 15.5 Å². The number of hydroxylamine groups is 2. The molecule has 20 heavy (non-hydrogen) atoms. The van der Waals surface area contributed by atoms with Gasteiger partial charge in [-0.25, -0.2) is 4.79 Å². The minimum atomic E-state index is -0.710. The zero-order valence-electron chi connectivity index (χ0n) is 11.6. The molecule has 1 aliphatic heterocycles. The fourth-order valence-corrected chi connectivity index (χ4v) is 1.77. The summed E-state index contributed by atoms with van der Waals surface area (Å²) in [5, 5.41) is 5.92. The monoisotopic (exact) mass is 285 g/mol. The van der Waals surface area contributed by atoms with Crippen LogP contribution in [-0.4, -0.2) is 48.4 Å². The van der Waals surface area contributed by atoms with Crippen molar-refractivity contribution in [3.05, 3.63) is 0 Å². The van der Waals surface area contributed by atoms with Gasteiger partial charge in [0.15, 0.2) is 0 Å². The molecule has 1 fully saturated rings. The maximum atomic E-state index is 11.6. The second-order valence-electron chi connectivity index (χ2n) is 4.32. The smallest absolute Gasteiger partial charge is 0.333 e. The third-order valence-electron chi connectivity index (χ3n) is 2.85. The second kappa shape index (κ2) is 7.59. The van der Waals surface area contributed by atoms with Crippen LogP contribution in [-0.2, 0) is 24.0 Å². The van der Waals surface area contributed by atoms with E-state index in [9.17, 15) is 19.2 Å². The van der Waals surface area contributed by atoms with E-state index in [1.165, 1.54) is 0 Å². The zero-order valence-corrected chi connectivity index (χ0v) is 11.6. The van der Waals surface area contributed by atoms with E-state index in [4.69, 9.17) is 4.84 Å². The lowest BCUT2D eigenvalue weighted by atomic mass is 10.1. The van der Waals surface area contributed by atoms with Crippen LogP contribution >= 0.6 is 0 Å². The highest BCUT2D eigenvalue weighted by Gasteiger charge is 2.32. The zero-order chi connectivity index (χ0) is 15.1. The van der Waals surface area contributed by atoms with Gasteiger partial charge in [0, 0.05) is 25.8 Å². The van der Waals surface area contributed by atoms with E-state index in [1.807, 2.05) is 0 Å². The first kappa shape index (κ1) is 16.1. The van der Waals surface area contributed by atoms with Gasteiger partial charge in [-0.2, -0.15) is 0 Å². The third kappa shape index (κ3) is 4.30. The molecule has 2 N–H and O–H groups in total. The lowest BCUT2D eigenvalue weighted by Gasteiger charge is -2.16. The van der Waals surface area contributed by atoms with Gasteiger partial charge in [0.1, 0.15) is 0 Å². The molecule has 3 amide bonds. The molecule has 0 bridgehead atoms. The summed E-state index contributed by atoms with van der Waals surface area (Å²) in [6.07, 6.45) is 0.269. The maximum absolute atomic E-state index is 11.6. The van der Waals surface area contributed by atoms with E-state index in [2.05, 4.69) is 10.6 Å². The van der Waals surface area contributed by atoms with E-state index >= 15 is 0 Å². The molecule has 1 heterocycles. The molecule has 112 valence electrons. The summed E-state index contributed by atoms with van der Waals surface area (Å²) in [5.74, 6) is -1.95. The Labute approximate surface area is 116 Å². The number of nitrogens with zero attached hydrogens (tertiary/aromatic N) is 1. The van der Waals surface area contributed by atoms with Gasteiger partial charge in [-0.05, 0) is 20.4 Å². The van der Waals surface area contributed by atoms with Crippen LogP contribution in [0.15, 0.2) is 0 Å². The number of nitrogens with one attached hydrogen (secondary N) is 2. The molecule has 0 aliphatic carbocycles. The van der Waals surface area contributed by atoms with Crippen LogP contribution in [0.3, 0.4) is 0 Å². The van der Waals surface area contributed by atoms with Crippen molar-refractivity contribution >= 4 is 23.7 Å². The summed E-state index contributed by atoms with van der Waals surface area (Å²) in [7, 11) is 1.61. The highest BCUT2D eigenvalue weighted by Crippen LogP contribution is 2.13. The molecule has 8 heteroatoms. The number of amides is 3. The Balaban J connectivity index is 2.40. The normalized spacial score (nSPS) is 16.2. The van der Waals surface area contributed by atoms with Gasteiger partial charge in [0.25, 0.3) is 11.8 Å². The Morgan fingerprint density at radius 3 is 2.40 bits per heavy atom. The average Bonchev–Trinajstić information content (AvgIpc) is 2.71. The summed E-state index contributed by atoms with van der Waals surface area (Å²) in [4.78, 5) is 50.4. The second-order valence-corrected chi connectivity index (χ2v) is 4.32. The van der Waals surface area contributed by atoms with Crippen LogP contribution in [0.25, 0.3) is 0 Å². The van der Waals surface area contributed by atoms with Crippen molar-refractivity contribution < 1.29 is 24.0 Å². The molecule has 1 aliphatic rings. The Hall–Kier alpha value is -1.96. The number of carbonyl (C=O) groups is 4. The summed E-state index contributed by atoms with van der Waals surface area (Å²) in [6, 6.07) is -0.521. The van der Waals surface area contributed by atoms with E-state index in [1.54, 1.807) is 14.0 Å². The van der Waals surface area contributed by atoms with Gasteiger partial charge in [0.05, 0.1) is 6.04 Å². The van der Waals surface area contributed by atoms with Gasteiger partial charge in [-0.3, -0.25) is 14.4 Å². The topological polar surface area (TPSA) is 105 Å². The van der Waals surface area contributed by atoms with Crippen molar-refractivity contribution in [1.82, 2.24) is 15.7 Å². The fraction of sp³-hybridized carbons (Fsp3) is 0.667. The van der Waals surface area contributed by atoms with Crippen LogP contribution in [0.4, 0.5) is 0 Å². The first-order chi connectivity index (χ1) is 9.49. The summed E-state index contributed by atoms with van der Waals surface area (Å²) in [5.41, 5.74) is 0. The molecular weight excluding hydrogens is 266 g/mol. The lowest BCUT2D eigenvalue weighted by Crippen LogP contribution is -2.43. The van der Waals surface area contributed by atoms with Crippen molar-refractivity contribution in [2.45, 2.75) is 38.6 Å². The average molecular weight is 285 g/mol. The van der Waals surface area contributed by atoms with Gasteiger partial charge >= 0.3 is 5.97 Å². The van der Waals surface area contributed by atoms with Gasteiger partial charge in [0.2, 0.25) is 5.91 Å². The Morgan fingerprint density at radius 1 is 1.30 bits per heavy atom. The van der Waals surface area contributed by atoms with E-state index in [-0.39, 0.29) is 31.6 Å². The molecule has 1 atom stereocenters. The van der Waals surface area contributed by atoms with Crippen LogP contribution < -0.4 is 10.6 Å². The maximum Gasteiger partial charge on any atom is 0.333 e. The summed E-state index contributed by atoms with van der Waals surface area (Å²) >= 11 is 0. The first-order valence-corrected chi connectivity index (χ1v) is 6.51. The molecule has 0 aromatic carbocycles. The Morgan fingerprint density at radius 2 is 1.90 bits per heavy atom. The van der Waals surface area contributed by atoms with Gasteiger partial charge in [-0.1, -0.05) is 0 Å². The predicted molar refractivity (Wildman–Crippen MR) is 67.9 cm³/mol. The minimum absolute atomic E-state index is 0.0597. The minimum Gasteiger partial charge on any atom is -0.355 e. The van der Waals surface area contributed by atoms with Crippen LogP contribution in [0.2, 0.25) is 0 Å². The Bertz CT molecular complexity index is 394. The van der Waals surface area contributed by atoms with Crippen LogP contribution in [0.5, 0.6) is 0 Å². The molecule has 0 saturated carbocycles. The molecular formula is C12H19N3O5.